The lowest BCUT2D eigenvalue weighted by atomic mass is 10.2. The SMILES string of the molecule is Cc1ccc(N(CCCO)C(C)C)cc1. The Balaban J connectivity index is 2.74. The summed E-state index contributed by atoms with van der Waals surface area (Å²) in [5.74, 6) is 0. The maximum atomic E-state index is 8.86. The Kier molecular flexibility index (Phi) is 4.63. The molecule has 84 valence electrons. The summed E-state index contributed by atoms with van der Waals surface area (Å²) in [6.45, 7) is 7.62. The van der Waals surface area contributed by atoms with E-state index in [9.17, 15) is 0 Å². The average Bonchev–Trinajstić information content (AvgIpc) is 2.21. The van der Waals surface area contributed by atoms with Gasteiger partial charge in [-0.05, 0) is 39.3 Å². The first-order valence-corrected chi connectivity index (χ1v) is 5.59. The van der Waals surface area contributed by atoms with Crippen LogP contribution in [-0.2, 0) is 0 Å². The van der Waals surface area contributed by atoms with Gasteiger partial charge in [0.2, 0.25) is 0 Å². The van der Waals surface area contributed by atoms with Crippen molar-refractivity contribution in [1.82, 2.24) is 0 Å². The second-order valence-corrected chi connectivity index (χ2v) is 4.20. The predicted molar refractivity (Wildman–Crippen MR) is 65.4 cm³/mol. The van der Waals surface area contributed by atoms with Gasteiger partial charge in [0.05, 0.1) is 0 Å². The molecule has 0 aliphatic heterocycles. The van der Waals surface area contributed by atoms with Crippen molar-refractivity contribution in [2.24, 2.45) is 0 Å². The first-order valence-electron chi connectivity index (χ1n) is 5.59. The predicted octanol–water partition coefficient (Wildman–Crippen LogP) is 2.59. The summed E-state index contributed by atoms with van der Waals surface area (Å²) in [6.07, 6.45) is 0.825. The summed E-state index contributed by atoms with van der Waals surface area (Å²) in [5, 5.41) is 8.86. The Morgan fingerprint density at radius 2 is 1.80 bits per heavy atom. The summed E-state index contributed by atoms with van der Waals surface area (Å²) in [7, 11) is 0. The van der Waals surface area contributed by atoms with Crippen molar-refractivity contribution in [3.8, 4) is 0 Å². The van der Waals surface area contributed by atoms with Crippen LogP contribution in [-0.4, -0.2) is 24.3 Å². The number of aryl methyl sites for hydroxylation is 1. The zero-order chi connectivity index (χ0) is 11.3. The zero-order valence-corrected chi connectivity index (χ0v) is 9.90. The maximum absolute atomic E-state index is 8.86. The molecule has 0 heterocycles. The van der Waals surface area contributed by atoms with Gasteiger partial charge in [0.1, 0.15) is 0 Å². The first-order chi connectivity index (χ1) is 7.15. The fourth-order valence-corrected chi connectivity index (χ4v) is 1.66. The van der Waals surface area contributed by atoms with Gasteiger partial charge in [0.25, 0.3) is 0 Å². The van der Waals surface area contributed by atoms with Crippen LogP contribution in [0.15, 0.2) is 24.3 Å². The highest BCUT2D eigenvalue weighted by Gasteiger charge is 2.09. The second-order valence-electron chi connectivity index (χ2n) is 4.20. The molecule has 2 heteroatoms. The molecule has 0 unspecified atom stereocenters. The summed E-state index contributed by atoms with van der Waals surface area (Å²) < 4.78 is 0. The molecule has 1 N–H and O–H groups in total. The number of hydrogen-bond acceptors (Lipinski definition) is 2. The van der Waals surface area contributed by atoms with Crippen molar-refractivity contribution >= 4 is 5.69 Å². The number of nitrogens with zero attached hydrogens (tertiary/aromatic N) is 1. The lowest BCUT2D eigenvalue weighted by molar-refractivity contribution is 0.288. The molecule has 1 rings (SSSR count). The Bertz CT molecular complexity index is 279. The molecule has 0 aliphatic carbocycles. The summed E-state index contributed by atoms with van der Waals surface area (Å²) >= 11 is 0. The number of benzene rings is 1. The highest BCUT2D eigenvalue weighted by Crippen LogP contribution is 2.17. The number of hydrogen-bond donors (Lipinski definition) is 1. The van der Waals surface area contributed by atoms with E-state index in [0.29, 0.717) is 6.04 Å². The molecule has 2 nitrogen and oxygen atoms in total. The van der Waals surface area contributed by atoms with E-state index in [4.69, 9.17) is 5.11 Å². The first kappa shape index (κ1) is 12.1. The molecule has 0 atom stereocenters. The van der Waals surface area contributed by atoms with E-state index >= 15 is 0 Å². The number of rotatable bonds is 5. The smallest absolute Gasteiger partial charge is 0.0447 e. The van der Waals surface area contributed by atoms with Gasteiger partial charge < -0.3 is 10.0 Å². The molecule has 0 aromatic heterocycles. The normalized spacial score (nSPS) is 10.7. The summed E-state index contributed by atoms with van der Waals surface area (Å²) in [5.41, 5.74) is 2.52. The third-order valence-corrected chi connectivity index (χ3v) is 2.55. The third kappa shape index (κ3) is 3.56. The van der Waals surface area contributed by atoms with Crippen LogP contribution in [0.5, 0.6) is 0 Å². The monoisotopic (exact) mass is 207 g/mol. The molecule has 15 heavy (non-hydrogen) atoms. The number of aliphatic hydroxyl groups excluding tert-OH is 1. The highest BCUT2D eigenvalue weighted by molar-refractivity contribution is 5.48. The van der Waals surface area contributed by atoms with Gasteiger partial charge in [-0.15, -0.1) is 0 Å². The van der Waals surface area contributed by atoms with Gasteiger partial charge in [-0.25, -0.2) is 0 Å². The quantitative estimate of drug-likeness (QED) is 0.802. The van der Waals surface area contributed by atoms with Crippen LogP contribution >= 0.6 is 0 Å². The van der Waals surface area contributed by atoms with Crippen LogP contribution in [0.4, 0.5) is 5.69 Å². The van der Waals surface area contributed by atoms with Crippen molar-refractivity contribution in [1.29, 1.82) is 0 Å². The molecule has 0 fully saturated rings. The lowest BCUT2D eigenvalue weighted by Crippen LogP contribution is -2.32. The van der Waals surface area contributed by atoms with E-state index in [1.807, 2.05) is 0 Å². The van der Waals surface area contributed by atoms with Crippen LogP contribution in [0, 0.1) is 6.92 Å². The standard InChI is InChI=1S/C13H21NO/c1-11(2)14(9-4-10-15)13-7-5-12(3)6-8-13/h5-8,11,15H,4,9-10H2,1-3H3. The van der Waals surface area contributed by atoms with E-state index in [2.05, 4.69) is 49.9 Å². The number of aliphatic hydroxyl groups is 1. The molecule has 0 bridgehead atoms. The van der Waals surface area contributed by atoms with Crippen LogP contribution in [0.3, 0.4) is 0 Å². The Hall–Kier alpha value is -1.02. The minimum absolute atomic E-state index is 0.259. The molecule has 0 amide bonds. The van der Waals surface area contributed by atoms with Crippen molar-refractivity contribution in [2.45, 2.75) is 33.2 Å². The molecular formula is C13H21NO. The van der Waals surface area contributed by atoms with E-state index < -0.39 is 0 Å². The van der Waals surface area contributed by atoms with Crippen molar-refractivity contribution in [3.63, 3.8) is 0 Å². The molecule has 1 aromatic rings. The minimum Gasteiger partial charge on any atom is -0.396 e. The Labute approximate surface area is 92.5 Å². The second kappa shape index (κ2) is 5.76. The fraction of sp³-hybridized carbons (Fsp3) is 0.538. The molecule has 0 saturated heterocycles. The molecule has 0 aliphatic rings. The molecule has 0 saturated carbocycles. The van der Waals surface area contributed by atoms with Crippen LogP contribution in [0.1, 0.15) is 25.8 Å². The van der Waals surface area contributed by atoms with Crippen molar-refractivity contribution in [3.05, 3.63) is 29.8 Å². The topological polar surface area (TPSA) is 23.5 Å². The van der Waals surface area contributed by atoms with E-state index in [-0.39, 0.29) is 6.61 Å². The molecular weight excluding hydrogens is 186 g/mol. The van der Waals surface area contributed by atoms with Crippen LogP contribution in [0.2, 0.25) is 0 Å². The Morgan fingerprint density at radius 1 is 1.20 bits per heavy atom. The van der Waals surface area contributed by atoms with E-state index in [0.717, 1.165) is 13.0 Å². The van der Waals surface area contributed by atoms with Gasteiger partial charge in [0, 0.05) is 24.9 Å². The van der Waals surface area contributed by atoms with Gasteiger partial charge in [0.15, 0.2) is 0 Å². The van der Waals surface area contributed by atoms with E-state index in [1.165, 1.54) is 11.3 Å². The molecule has 0 spiro atoms. The molecule has 0 radical (unpaired) electrons. The summed E-state index contributed by atoms with van der Waals surface area (Å²) in [6, 6.07) is 9.02. The summed E-state index contributed by atoms with van der Waals surface area (Å²) in [4.78, 5) is 2.32. The average molecular weight is 207 g/mol. The Morgan fingerprint density at radius 3 is 2.27 bits per heavy atom. The van der Waals surface area contributed by atoms with Gasteiger partial charge in [-0.1, -0.05) is 17.7 Å². The fourth-order valence-electron chi connectivity index (χ4n) is 1.66. The zero-order valence-electron chi connectivity index (χ0n) is 9.90. The highest BCUT2D eigenvalue weighted by atomic mass is 16.3. The van der Waals surface area contributed by atoms with Gasteiger partial charge >= 0.3 is 0 Å². The van der Waals surface area contributed by atoms with Gasteiger partial charge in [-0.2, -0.15) is 0 Å². The van der Waals surface area contributed by atoms with Crippen molar-refractivity contribution in [2.75, 3.05) is 18.1 Å². The molecule has 1 aromatic carbocycles. The van der Waals surface area contributed by atoms with Crippen LogP contribution in [0.25, 0.3) is 0 Å². The number of anilines is 1. The van der Waals surface area contributed by atoms with E-state index in [1.54, 1.807) is 0 Å². The van der Waals surface area contributed by atoms with Gasteiger partial charge in [-0.3, -0.25) is 0 Å². The van der Waals surface area contributed by atoms with Crippen molar-refractivity contribution < 1.29 is 5.11 Å². The maximum Gasteiger partial charge on any atom is 0.0447 e. The van der Waals surface area contributed by atoms with Crippen LogP contribution < -0.4 is 4.90 Å². The lowest BCUT2D eigenvalue weighted by Gasteiger charge is -2.29. The largest absolute Gasteiger partial charge is 0.396 e. The minimum atomic E-state index is 0.259. The third-order valence-electron chi connectivity index (χ3n) is 2.55.